The third kappa shape index (κ3) is 3.11. The first kappa shape index (κ1) is 13.1. The quantitative estimate of drug-likeness (QED) is 0.922. The second-order valence-corrected chi connectivity index (χ2v) is 4.83. The number of benzene rings is 1. The highest BCUT2D eigenvalue weighted by atomic mass is 79.9. The Morgan fingerprint density at radius 2 is 2.28 bits per heavy atom. The number of aromatic nitrogens is 2. The maximum atomic E-state index is 5.86. The van der Waals surface area contributed by atoms with Gasteiger partial charge in [0.05, 0.1) is 12.4 Å². The first-order chi connectivity index (χ1) is 8.72. The molecule has 0 unspecified atom stereocenters. The van der Waals surface area contributed by atoms with E-state index in [9.17, 15) is 0 Å². The molecule has 0 bridgehead atoms. The second kappa shape index (κ2) is 6.02. The Balaban J connectivity index is 2.22. The fourth-order valence-electron chi connectivity index (χ4n) is 1.67. The zero-order chi connectivity index (χ0) is 13.0. The molecule has 1 aromatic carbocycles. The molecule has 1 N–H and O–H groups in total. The van der Waals surface area contributed by atoms with E-state index in [4.69, 9.17) is 4.74 Å². The van der Waals surface area contributed by atoms with Gasteiger partial charge < -0.3 is 10.1 Å². The van der Waals surface area contributed by atoms with E-state index in [1.165, 1.54) is 0 Å². The molecule has 0 aliphatic carbocycles. The van der Waals surface area contributed by atoms with Crippen molar-refractivity contribution in [2.45, 2.75) is 20.0 Å². The normalized spacial score (nSPS) is 10.6. The van der Waals surface area contributed by atoms with Crippen molar-refractivity contribution in [2.75, 3.05) is 7.05 Å². The minimum atomic E-state index is 0.761. The van der Waals surface area contributed by atoms with Crippen LogP contribution in [0.3, 0.4) is 0 Å². The van der Waals surface area contributed by atoms with Crippen LogP contribution in [0.1, 0.15) is 12.5 Å². The molecule has 0 aliphatic heterocycles. The Bertz CT molecular complexity index is 525. The van der Waals surface area contributed by atoms with Crippen molar-refractivity contribution in [2.24, 2.45) is 0 Å². The minimum absolute atomic E-state index is 0.761. The van der Waals surface area contributed by atoms with Gasteiger partial charge in [0.15, 0.2) is 5.75 Å². The lowest BCUT2D eigenvalue weighted by atomic mass is 10.2. The largest absolute Gasteiger partial charge is 0.454 e. The summed E-state index contributed by atoms with van der Waals surface area (Å²) < 4.78 is 8.74. The van der Waals surface area contributed by atoms with E-state index >= 15 is 0 Å². The van der Waals surface area contributed by atoms with Gasteiger partial charge in [0.1, 0.15) is 5.75 Å². The highest BCUT2D eigenvalue weighted by Crippen LogP contribution is 2.27. The molecule has 1 aromatic heterocycles. The van der Waals surface area contributed by atoms with E-state index < -0.39 is 0 Å². The zero-order valence-electron chi connectivity index (χ0n) is 10.5. The first-order valence-corrected chi connectivity index (χ1v) is 6.65. The number of nitrogens with one attached hydrogen (secondary N) is 1. The predicted octanol–water partition coefficient (Wildman–Crippen LogP) is 3.18. The van der Waals surface area contributed by atoms with Gasteiger partial charge in [-0.1, -0.05) is 15.9 Å². The number of ether oxygens (including phenoxy) is 1. The maximum absolute atomic E-state index is 5.86. The highest BCUT2D eigenvalue weighted by Gasteiger charge is 2.06. The maximum Gasteiger partial charge on any atom is 0.165 e. The van der Waals surface area contributed by atoms with Gasteiger partial charge in [-0.15, -0.1) is 0 Å². The second-order valence-electron chi connectivity index (χ2n) is 3.92. The predicted molar refractivity (Wildman–Crippen MR) is 74.9 cm³/mol. The Morgan fingerprint density at radius 3 is 2.94 bits per heavy atom. The molecule has 0 aliphatic rings. The topological polar surface area (TPSA) is 39.1 Å². The zero-order valence-corrected chi connectivity index (χ0v) is 12.1. The number of rotatable bonds is 5. The van der Waals surface area contributed by atoms with Crippen LogP contribution in [0, 0.1) is 0 Å². The number of hydrogen-bond acceptors (Lipinski definition) is 3. The van der Waals surface area contributed by atoms with Gasteiger partial charge in [0.2, 0.25) is 0 Å². The van der Waals surface area contributed by atoms with E-state index in [2.05, 4.69) is 32.4 Å². The molecular weight excluding hydrogens is 294 g/mol. The molecule has 0 saturated heterocycles. The Hall–Kier alpha value is -1.33. The highest BCUT2D eigenvalue weighted by molar-refractivity contribution is 9.10. The van der Waals surface area contributed by atoms with Gasteiger partial charge in [-0.2, -0.15) is 5.10 Å². The standard InChI is InChI=1S/C13H16BrN3O/c1-3-17-9-12(8-16-17)18-13-5-4-11(14)6-10(13)7-15-2/h4-6,8-9,15H,3,7H2,1-2H3. The number of halogens is 1. The van der Waals surface area contributed by atoms with Crippen molar-refractivity contribution in [3.63, 3.8) is 0 Å². The molecule has 5 heteroatoms. The summed E-state index contributed by atoms with van der Waals surface area (Å²) in [4.78, 5) is 0. The number of aryl methyl sites for hydroxylation is 1. The Kier molecular flexibility index (Phi) is 4.38. The SMILES string of the molecule is CCn1cc(Oc2ccc(Br)cc2CNC)cn1. The molecule has 0 amide bonds. The summed E-state index contributed by atoms with van der Waals surface area (Å²) in [6.45, 7) is 3.65. The van der Waals surface area contributed by atoms with E-state index in [-0.39, 0.29) is 0 Å². The van der Waals surface area contributed by atoms with Crippen molar-refractivity contribution < 1.29 is 4.74 Å². The molecule has 2 rings (SSSR count). The minimum Gasteiger partial charge on any atom is -0.454 e. The van der Waals surface area contributed by atoms with E-state index in [1.807, 2.05) is 37.0 Å². The van der Waals surface area contributed by atoms with Gasteiger partial charge in [0, 0.05) is 23.1 Å². The average Bonchev–Trinajstić information content (AvgIpc) is 2.81. The van der Waals surface area contributed by atoms with Gasteiger partial charge in [-0.3, -0.25) is 4.68 Å². The van der Waals surface area contributed by atoms with Crippen molar-refractivity contribution >= 4 is 15.9 Å². The van der Waals surface area contributed by atoms with Gasteiger partial charge >= 0.3 is 0 Å². The number of nitrogens with zero attached hydrogens (tertiary/aromatic N) is 2. The van der Waals surface area contributed by atoms with Crippen LogP contribution in [0.5, 0.6) is 11.5 Å². The van der Waals surface area contributed by atoms with Crippen LogP contribution in [0.15, 0.2) is 35.1 Å². The lowest BCUT2D eigenvalue weighted by Gasteiger charge is -2.09. The van der Waals surface area contributed by atoms with Crippen LogP contribution in [-0.4, -0.2) is 16.8 Å². The smallest absolute Gasteiger partial charge is 0.165 e. The molecule has 0 radical (unpaired) electrons. The molecule has 0 atom stereocenters. The monoisotopic (exact) mass is 309 g/mol. The first-order valence-electron chi connectivity index (χ1n) is 5.86. The van der Waals surface area contributed by atoms with Gasteiger partial charge in [-0.25, -0.2) is 0 Å². The summed E-state index contributed by atoms with van der Waals surface area (Å²) in [6.07, 6.45) is 3.62. The van der Waals surface area contributed by atoms with Crippen LogP contribution < -0.4 is 10.1 Å². The lowest BCUT2D eigenvalue weighted by molar-refractivity contribution is 0.473. The van der Waals surface area contributed by atoms with E-state index in [0.29, 0.717) is 0 Å². The molecule has 4 nitrogen and oxygen atoms in total. The van der Waals surface area contributed by atoms with Crippen LogP contribution in [0.4, 0.5) is 0 Å². The fraction of sp³-hybridized carbons (Fsp3) is 0.308. The van der Waals surface area contributed by atoms with Crippen LogP contribution in [0.2, 0.25) is 0 Å². The van der Waals surface area contributed by atoms with Crippen molar-refractivity contribution in [1.29, 1.82) is 0 Å². The molecule has 0 fully saturated rings. The Labute approximate surface area is 115 Å². The van der Waals surface area contributed by atoms with Crippen LogP contribution in [0.25, 0.3) is 0 Å². The van der Waals surface area contributed by atoms with Crippen molar-refractivity contribution in [3.8, 4) is 11.5 Å². The average molecular weight is 310 g/mol. The summed E-state index contributed by atoms with van der Waals surface area (Å²) in [6, 6.07) is 5.98. The molecule has 0 spiro atoms. The summed E-state index contributed by atoms with van der Waals surface area (Å²) in [7, 11) is 1.92. The molecular formula is C13H16BrN3O. The third-order valence-electron chi connectivity index (χ3n) is 2.55. The van der Waals surface area contributed by atoms with Gasteiger partial charge in [-0.05, 0) is 32.2 Å². The molecule has 18 heavy (non-hydrogen) atoms. The van der Waals surface area contributed by atoms with Crippen LogP contribution >= 0.6 is 15.9 Å². The molecule has 96 valence electrons. The fourth-order valence-corrected chi connectivity index (χ4v) is 2.08. The summed E-state index contributed by atoms with van der Waals surface area (Å²) >= 11 is 3.47. The Morgan fingerprint density at radius 1 is 1.44 bits per heavy atom. The van der Waals surface area contributed by atoms with E-state index in [1.54, 1.807) is 6.20 Å². The third-order valence-corrected chi connectivity index (χ3v) is 3.04. The van der Waals surface area contributed by atoms with Gasteiger partial charge in [0.25, 0.3) is 0 Å². The summed E-state index contributed by atoms with van der Waals surface area (Å²) in [5, 5.41) is 7.32. The molecule has 1 heterocycles. The molecule has 0 saturated carbocycles. The van der Waals surface area contributed by atoms with Crippen molar-refractivity contribution in [3.05, 3.63) is 40.6 Å². The number of hydrogen-bond donors (Lipinski definition) is 1. The lowest BCUT2D eigenvalue weighted by Crippen LogP contribution is -2.06. The van der Waals surface area contributed by atoms with Crippen molar-refractivity contribution in [1.82, 2.24) is 15.1 Å². The summed E-state index contributed by atoms with van der Waals surface area (Å²) in [5.74, 6) is 1.61. The summed E-state index contributed by atoms with van der Waals surface area (Å²) in [5.41, 5.74) is 1.11. The molecule has 2 aromatic rings. The van der Waals surface area contributed by atoms with E-state index in [0.717, 1.165) is 34.6 Å². The van der Waals surface area contributed by atoms with Crippen LogP contribution in [-0.2, 0) is 13.1 Å².